The van der Waals surface area contributed by atoms with Gasteiger partial charge in [0.05, 0.1) is 0 Å². The highest BCUT2D eigenvalue weighted by atomic mass is 16.6. The first-order valence-electron chi connectivity index (χ1n) is 34.9. The lowest BCUT2D eigenvalue weighted by Crippen LogP contribution is -2.30. The molecule has 0 aliphatic rings. The molecule has 6 nitrogen and oxygen atoms in total. The molecule has 1 atom stereocenters. The fourth-order valence-electron chi connectivity index (χ4n) is 10.2. The molecule has 0 amide bonds. The number of allylic oxidation sites excluding steroid dienone is 12. The maximum absolute atomic E-state index is 12.9. The summed E-state index contributed by atoms with van der Waals surface area (Å²) in [4.78, 5) is 38.4. The van der Waals surface area contributed by atoms with E-state index in [1.54, 1.807) is 0 Å². The minimum absolute atomic E-state index is 0.0728. The predicted octanol–water partition coefficient (Wildman–Crippen LogP) is 24.1. The molecule has 0 bridgehead atoms. The molecule has 6 heteroatoms. The van der Waals surface area contributed by atoms with E-state index in [1.165, 1.54) is 225 Å². The van der Waals surface area contributed by atoms with Crippen LogP contribution in [0.2, 0.25) is 0 Å². The van der Waals surface area contributed by atoms with Gasteiger partial charge < -0.3 is 14.2 Å². The van der Waals surface area contributed by atoms with Crippen molar-refractivity contribution in [3.8, 4) is 0 Å². The molecule has 0 fully saturated rings. The number of ether oxygens (including phenoxy) is 3. The second-order valence-electron chi connectivity index (χ2n) is 23.4. The zero-order valence-electron chi connectivity index (χ0n) is 53.3. The van der Waals surface area contributed by atoms with E-state index in [0.29, 0.717) is 19.3 Å². The lowest BCUT2D eigenvalue weighted by Gasteiger charge is -2.18. The van der Waals surface area contributed by atoms with Crippen molar-refractivity contribution in [1.82, 2.24) is 0 Å². The van der Waals surface area contributed by atoms with Gasteiger partial charge in [-0.1, -0.05) is 325 Å². The van der Waals surface area contributed by atoms with Crippen molar-refractivity contribution in [3.63, 3.8) is 0 Å². The van der Waals surface area contributed by atoms with Gasteiger partial charge >= 0.3 is 17.9 Å². The average Bonchev–Trinajstić information content (AvgIpc) is 3.46. The Morgan fingerprint density at radius 1 is 0.263 bits per heavy atom. The van der Waals surface area contributed by atoms with E-state index in [0.717, 1.165) is 96.3 Å². The van der Waals surface area contributed by atoms with E-state index in [2.05, 4.69) is 93.7 Å². The van der Waals surface area contributed by atoms with E-state index in [1.807, 2.05) is 0 Å². The van der Waals surface area contributed by atoms with Gasteiger partial charge in [0, 0.05) is 19.3 Å². The standard InChI is InChI=1S/C74H132O6/c1-4-7-10-13-16-19-22-25-27-29-31-32-33-34-35-36-37-38-39-40-41-42-43-45-46-49-52-55-58-61-64-67-73(76)79-70-71(69-78-72(75)66-63-60-57-54-51-48-24-21-18-15-12-9-6-3)80-74(77)68-65-62-59-56-53-50-47-44-30-28-26-23-20-17-14-11-8-5-2/h7,10,16,19,21,24-25,27,31-32,34-35,71H,4-6,8-9,11-15,17-18,20,22-23,26,28-30,33,36-70H2,1-3H3/b10-7-,19-16-,24-21-,27-25-,32-31-,35-34-. The summed E-state index contributed by atoms with van der Waals surface area (Å²) >= 11 is 0. The molecule has 0 saturated heterocycles. The molecule has 0 aromatic rings. The van der Waals surface area contributed by atoms with Gasteiger partial charge in [-0.3, -0.25) is 14.4 Å². The Labute approximate surface area is 497 Å². The molecule has 464 valence electrons. The van der Waals surface area contributed by atoms with Crippen LogP contribution in [0, 0.1) is 0 Å². The van der Waals surface area contributed by atoms with Crippen molar-refractivity contribution < 1.29 is 28.6 Å². The number of rotatable bonds is 64. The quantitative estimate of drug-likeness (QED) is 0.0261. The molecule has 0 aliphatic heterocycles. The van der Waals surface area contributed by atoms with Crippen LogP contribution < -0.4 is 0 Å². The maximum atomic E-state index is 12.9. The van der Waals surface area contributed by atoms with Crippen LogP contribution in [0.1, 0.15) is 361 Å². The largest absolute Gasteiger partial charge is 0.462 e. The van der Waals surface area contributed by atoms with Crippen molar-refractivity contribution >= 4 is 17.9 Å². The predicted molar refractivity (Wildman–Crippen MR) is 348 cm³/mol. The molecule has 80 heavy (non-hydrogen) atoms. The van der Waals surface area contributed by atoms with Gasteiger partial charge in [-0.05, 0) is 89.9 Å². The molecule has 0 aromatic heterocycles. The molecule has 0 spiro atoms. The third-order valence-corrected chi connectivity index (χ3v) is 15.4. The van der Waals surface area contributed by atoms with Gasteiger partial charge in [-0.2, -0.15) is 0 Å². The summed E-state index contributed by atoms with van der Waals surface area (Å²) in [6.07, 6.45) is 89.3. The molecule has 0 rings (SSSR count). The van der Waals surface area contributed by atoms with Gasteiger partial charge in [0.2, 0.25) is 0 Å². The van der Waals surface area contributed by atoms with Crippen LogP contribution in [0.3, 0.4) is 0 Å². The summed E-state index contributed by atoms with van der Waals surface area (Å²) in [5, 5.41) is 0. The maximum Gasteiger partial charge on any atom is 0.306 e. The number of carbonyl (C=O) groups excluding carboxylic acids is 3. The molecule has 0 heterocycles. The van der Waals surface area contributed by atoms with Crippen molar-refractivity contribution in [2.75, 3.05) is 13.2 Å². The first-order valence-corrected chi connectivity index (χ1v) is 34.9. The molecule has 0 N–H and O–H groups in total. The highest BCUT2D eigenvalue weighted by Gasteiger charge is 2.19. The summed E-state index contributed by atoms with van der Waals surface area (Å²) in [7, 11) is 0. The fourth-order valence-corrected chi connectivity index (χ4v) is 10.2. The smallest absolute Gasteiger partial charge is 0.306 e. The van der Waals surface area contributed by atoms with Gasteiger partial charge in [0.25, 0.3) is 0 Å². The van der Waals surface area contributed by atoms with Crippen LogP contribution in [0.25, 0.3) is 0 Å². The highest BCUT2D eigenvalue weighted by molar-refractivity contribution is 5.71. The summed E-state index contributed by atoms with van der Waals surface area (Å²) < 4.78 is 17.0. The Morgan fingerprint density at radius 3 is 0.787 bits per heavy atom. The number of hydrogen-bond donors (Lipinski definition) is 0. The molecule has 0 saturated carbocycles. The first-order chi connectivity index (χ1) is 39.5. The van der Waals surface area contributed by atoms with E-state index in [9.17, 15) is 14.4 Å². The van der Waals surface area contributed by atoms with Crippen LogP contribution in [-0.4, -0.2) is 37.2 Å². The van der Waals surface area contributed by atoms with Crippen molar-refractivity contribution in [2.45, 2.75) is 367 Å². The molecule has 1 unspecified atom stereocenters. The van der Waals surface area contributed by atoms with Crippen molar-refractivity contribution in [2.24, 2.45) is 0 Å². The number of esters is 3. The van der Waals surface area contributed by atoms with Gasteiger partial charge in [0.1, 0.15) is 13.2 Å². The third kappa shape index (κ3) is 65.7. The Bertz CT molecular complexity index is 1470. The zero-order chi connectivity index (χ0) is 57.8. The van der Waals surface area contributed by atoms with Crippen LogP contribution in [0.15, 0.2) is 72.9 Å². The lowest BCUT2D eigenvalue weighted by molar-refractivity contribution is -0.167. The Morgan fingerprint density at radius 2 is 0.487 bits per heavy atom. The number of hydrogen-bond acceptors (Lipinski definition) is 6. The average molecular weight is 1120 g/mol. The van der Waals surface area contributed by atoms with E-state index >= 15 is 0 Å². The Hall–Kier alpha value is -3.15. The minimum Gasteiger partial charge on any atom is -0.462 e. The van der Waals surface area contributed by atoms with Gasteiger partial charge in [0.15, 0.2) is 6.10 Å². The van der Waals surface area contributed by atoms with Crippen LogP contribution in [-0.2, 0) is 28.6 Å². The molecular formula is C74H132O6. The minimum atomic E-state index is -0.776. The summed E-state index contributed by atoms with van der Waals surface area (Å²) in [5.74, 6) is -0.859. The molecule has 0 radical (unpaired) electrons. The second-order valence-corrected chi connectivity index (χ2v) is 23.4. The Balaban J connectivity index is 4.19. The van der Waals surface area contributed by atoms with E-state index < -0.39 is 6.10 Å². The van der Waals surface area contributed by atoms with E-state index in [-0.39, 0.29) is 31.1 Å². The summed E-state index contributed by atoms with van der Waals surface area (Å²) in [6.45, 7) is 6.56. The SMILES string of the molecule is CC/C=C\C/C=C\C/C=C\C/C=C\C/C=C\CCCCCCCCCCCCCCCCCC(=O)OCC(COC(=O)CCCCCCC/C=C\CCCCCC)OC(=O)CCCCCCCCCCCCCCCCCCCC. The van der Waals surface area contributed by atoms with Crippen molar-refractivity contribution in [3.05, 3.63) is 72.9 Å². The van der Waals surface area contributed by atoms with Crippen LogP contribution in [0.4, 0.5) is 0 Å². The monoisotopic (exact) mass is 1120 g/mol. The fraction of sp³-hybridized carbons (Fsp3) is 0.797. The normalized spacial score (nSPS) is 12.5. The van der Waals surface area contributed by atoms with Gasteiger partial charge in [-0.15, -0.1) is 0 Å². The number of unbranched alkanes of at least 4 members (excludes halogenated alkanes) is 41. The molecule has 0 aliphatic carbocycles. The summed E-state index contributed by atoms with van der Waals surface area (Å²) in [6, 6.07) is 0. The van der Waals surface area contributed by atoms with Crippen molar-refractivity contribution in [1.29, 1.82) is 0 Å². The third-order valence-electron chi connectivity index (χ3n) is 15.4. The zero-order valence-corrected chi connectivity index (χ0v) is 53.3. The van der Waals surface area contributed by atoms with Gasteiger partial charge in [-0.25, -0.2) is 0 Å². The number of carbonyl (C=O) groups is 3. The lowest BCUT2D eigenvalue weighted by atomic mass is 10.0. The topological polar surface area (TPSA) is 78.9 Å². The summed E-state index contributed by atoms with van der Waals surface area (Å²) in [5.41, 5.74) is 0. The second kappa shape index (κ2) is 68.3. The molecular weight excluding hydrogens is 985 g/mol. The Kier molecular flexibility index (Phi) is 65.7. The van der Waals surface area contributed by atoms with Crippen LogP contribution in [0.5, 0.6) is 0 Å². The van der Waals surface area contributed by atoms with Crippen LogP contribution >= 0.6 is 0 Å². The molecule has 0 aromatic carbocycles. The van der Waals surface area contributed by atoms with E-state index in [4.69, 9.17) is 14.2 Å². The highest BCUT2D eigenvalue weighted by Crippen LogP contribution is 2.18. The first kappa shape index (κ1) is 76.9.